The molecule has 0 aliphatic carbocycles. The minimum Gasteiger partial charge on any atom is -0.478 e. The number of aryl methyl sites for hydroxylation is 1. The maximum atomic E-state index is 14.9. The number of amides is 1. The van der Waals surface area contributed by atoms with Crippen LogP contribution in [0.5, 0.6) is 0 Å². The average molecular weight is 577 g/mol. The molecule has 0 saturated heterocycles. The van der Waals surface area contributed by atoms with E-state index in [1.54, 1.807) is 5.32 Å². The van der Waals surface area contributed by atoms with E-state index < -0.39 is 83.7 Å². The summed E-state index contributed by atoms with van der Waals surface area (Å²) in [6.45, 7) is 1.91. The zero-order valence-electron chi connectivity index (χ0n) is 19.7. The zero-order valence-corrected chi connectivity index (χ0v) is 20.5. The van der Waals surface area contributed by atoms with Gasteiger partial charge < -0.3 is 15.5 Å². The molecule has 0 fully saturated rings. The number of hydrogen-bond donors (Lipinski definition) is 3. The number of nitrogens with one attached hydrogen (secondary N) is 1. The maximum absolute atomic E-state index is 14.9. The third-order valence-electron chi connectivity index (χ3n) is 5.45. The summed E-state index contributed by atoms with van der Waals surface area (Å²) in [5.74, 6) is -8.10. The Kier molecular flexibility index (Phi) is 7.76. The molecule has 208 valence electrons. The van der Waals surface area contributed by atoms with Gasteiger partial charge in [-0.15, -0.1) is 0 Å². The van der Waals surface area contributed by atoms with Gasteiger partial charge >= 0.3 is 12.1 Å². The number of aliphatic carboxylic acids is 1. The van der Waals surface area contributed by atoms with E-state index in [-0.39, 0.29) is 5.56 Å². The van der Waals surface area contributed by atoms with Gasteiger partial charge in [-0.25, -0.2) is 26.4 Å². The standard InChI is InChI=1S/C23H17F6N3O6S/c1-10-7-15(20(33)32-22(2,36)21(34)35)30-9-12(10)19(17-13(24)4-5-14(25)18(17)26)39(37,38)11-3-6-16(31-8-11)23(27,28)29/h3-9,19,36H,1-2H3,(H,32,33)(H,34,35). The van der Waals surface area contributed by atoms with Crippen molar-refractivity contribution in [3.8, 4) is 0 Å². The Hall–Kier alpha value is -4.05. The van der Waals surface area contributed by atoms with E-state index >= 15 is 0 Å². The average Bonchev–Trinajstić information content (AvgIpc) is 2.83. The molecule has 0 saturated carbocycles. The number of hydrogen-bond acceptors (Lipinski definition) is 7. The molecule has 16 heteroatoms. The summed E-state index contributed by atoms with van der Waals surface area (Å²) in [7, 11) is -5.06. The minimum absolute atomic E-state index is 0.179. The Morgan fingerprint density at radius 2 is 1.62 bits per heavy atom. The number of aromatic nitrogens is 2. The predicted molar refractivity (Wildman–Crippen MR) is 119 cm³/mol. The van der Waals surface area contributed by atoms with E-state index in [2.05, 4.69) is 9.97 Å². The van der Waals surface area contributed by atoms with Crippen molar-refractivity contribution in [2.45, 2.75) is 35.9 Å². The van der Waals surface area contributed by atoms with Gasteiger partial charge in [-0.2, -0.15) is 13.2 Å². The van der Waals surface area contributed by atoms with E-state index in [0.29, 0.717) is 36.7 Å². The van der Waals surface area contributed by atoms with Gasteiger partial charge in [-0.3, -0.25) is 14.8 Å². The lowest BCUT2D eigenvalue weighted by Crippen LogP contribution is -2.52. The van der Waals surface area contributed by atoms with Crippen molar-refractivity contribution < 1.29 is 54.6 Å². The summed E-state index contributed by atoms with van der Waals surface area (Å²) >= 11 is 0. The van der Waals surface area contributed by atoms with Crippen LogP contribution in [-0.4, -0.2) is 46.2 Å². The molecule has 39 heavy (non-hydrogen) atoms. The van der Waals surface area contributed by atoms with Gasteiger partial charge in [0.15, 0.2) is 21.5 Å². The van der Waals surface area contributed by atoms with Gasteiger partial charge in [0.05, 0.1) is 4.90 Å². The van der Waals surface area contributed by atoms with Crippen LogP contribution in [0.4, 0.5) is 26.3 Å². The molecule has 3 N–H and O–H groups in total. The van der Waals surface area contributed by atoms with Crippen LogP contribution in [-0.2, 0) is 20.8 Å². The van der Waals surface area contributed by atoms with Crippen LogP contribution in [0.25, 0.3) is 0 Å². The summed E-state index contributed by atoms with van der Waals surface area (Å²) in [6.07, 6.45) is -3.92. The van der Waals surface area contributed by atoms with Crippen LogP contribution >= 0.6 is 0 Å². The molecule has 0 aliphatic heterocycles. The molecule has 2 unspecified atom stereocenters. The molecule has 0 radical (unpaired) electrons. The first-order valence-corrected chi connectivity index (χ1v) is 12.1. The summed E-state index contributed by atoms with van der Waals surface area (Å²) in [4.78, 5) is 29.2. The predicted octanol–water partition coefficient (Wildman–Crippen LogP) is 3.31. The second kappa shape index (κ2) is 10.3. The highest BCUT2D eigenvalue weighted by molar-refractivity contribution is 7.91. The van der Waals surface area contributed by atoms with Crippen LogP contribution in [0.3, 0.4) is 0 Å². The highest BCUT2D eigenvalue weighted by Gasteiger charge is 2.39. The zero-order chi connectivity index (χ0) is 29.5. The lowest BCUT2D eigenvalue weighted by Gasteiger charge is -2.23. The summed E-state index contributed by atoms with van der Waals surface area (Å²) in [5, 5.41) is 18.0. The lowest BCUT2D eigenvalue weighted by molar-refractivity contribution is -0.158. The fraction of sp³-hybridized carbons (Fsp3) is 0.217. The second-order valence-electron chi connectivity index (χ2n) is 8.32. The summed E-state index contributed by atoms with van der Waals surface area (Å²) in [5.41, 5.74) is -6.72. The van der Waals surface area contributed by atoms with Gasteiger partial charge in [0, 0.05) is 18.0 Å². The van der Waals surface area contributed by atoms with Gasteiger partial charge in [-0.1, -0.05) is 0 Å². The highest BCUT2D eigenvalue weighted by Crippen LogP contribution is 2.40. The number of benzene rings is 1. The molecule has 0 aliphatic rings. The normalized spacial score (nSPS) is 14.4. The Morgan fingerprint density at radius 1 is 1.00 bits per heavy atom. The number of sulfone groups is 1. The molecule has 3 rings (SSSR count). The van der Waals surface area contributed by atoms with Crippen molar-refractivity contribution >= 4 is 21.7 Å². The number of rotatable bonds is 7. The van der Waals surface area contributed by atoms with E-state index in [1.807, 2.05) is 0 Å². The number of halogens is 6. The topological polar surface area (TPSA) is 147 Å². The molecule has 0 bridgehead atoms. The fourth-order valence-electron chi connectivity index (χ4n) is 3.42. The van der Waals surface area contributed by atoms with Crippen LogP contribution in [0.1, 0.15) is 45.0 Å². The van der Waals surface area contributed by atoms with Crippen LogP contribution < -0.4 is 5.32 Å². The molecule has 2 atom stereocenters. The minimum atomic E-state index is -5.06. The molecular weight excluding hydrogens is 560 g/mol. The first-order valence-electron chi connectivity index (χ1n) is 10.5. The molecule has 0 spiro atoms. The Balaban J connectivity index is 2.21. The van der Waals surface area contributed by atoms with Gasteiger partial charge in [0.2, 0.25) is 5.72 Å². The van der Waals surface area contributed by atoms with Crippen LogP contribution in [0.15, 0.2) is 47.6 Å². The number of alkyl halides is 3. The molecule has 1 aromatic carbocycles. The number of nitrogens with zero attached hydrogens (tertiary/aromatic N) is 2. The number of carboxylic acid groups (broad SMARTS) is 1. The van der Waals surface area contributed by atoms with Crippen LogP contribution in [0.2, 0.25) is 0 Å². The lowest BCUT2D eigenvalue weighted by atomic mass is 10.00. The molecule has 2 aromatic heterocycles. The molecule has 3 aromatic rings. The largest absolute Gasteiger partial charge is 0.478 e. The third-order valence-corrected chi connectivity index (χ3v) is 7.46. The van der Waals surface area contributed by atoms with Crippen molar-refractivity contribution in [3.63, 3.8) is 0 Å². The summed E-state index contributed by atoms with van der Waals surface area (Å²) < 4.78 is 110. The Morgan fingerprint density at radius 3 is 2.13 bits per heavy atom. The smallest absolute Gasteiger partial charge is 0.433 e. The number of carboxylic acids is 1. The van der Waals surface area contributed by atoms with Crippen molar-refractivity contribution in [3.05, 3.63) is 88.3 Å². The van der Waals surface area contributed by atoms with Crippen molar-refractivity contribution in [2.24, 2.45) is 0 Å². The van der Waals surface area contributed by atoms with E-state index in [9.17, 15) is 49.5 Å². The highest BCUT2D eigenvalue weighted by atomic mass is 32.2. The Bertz CT molecular complexity index is 1560. The Labute approximate surface area is 216 Å². The first kappa shape index (κ1) is 29.5. The number of carbonyl (C=O) groups is 2. The van der Waals surface area contributed by atoms with E-state index in [4.69, 9.17) is 5.11 Å². The van der Waals surface area contributed by atoms with E-state index in [1.165, 1.54) is 6.92 Å². The van der Waals surface area contributed by atoms with Gasteiger partial charge in [0.25, 0.3) is 5.91 Å². The number of carbonyl (C=O) groups excluding carboxylic acids is 1. The van der Waals surface area contributed by atoms with Crippen molar-refractivity contribution in [1.82, 2.24) is 15.3 Å². The SMILES string of the molecule is Cc1cc(C(=O)NC(C)(O)C(=O)O)ncc1C(c1c(F)ccc(F)c1F)S(=O)(=O)c1ccc(C(F)(F)F)nc1. The van der Waals surface area contributed by atoms with Gasteiger partial charge in [-0.05, 0) is 55.3 Å². The molecular formula is C23H17F6N3O6S. The van der Waals surface area contributed by atoms with Crippen molar-refractivity contribution in [1.29, 1.82) is 0 Å². The first-order chi connectivity index (χ1) is 17.9. The molecule has 1 amide bonds. The van der Waals surface area contributed by atoms with Gasteiger partial charge in [0.1, 0.15) is 22.5 Å². The fourth-order valence-corrected chi connectivity index (χ4v) is 5.25. The van der Waals surface area contributed by atoms with Crippen molar-refractivity contribution in [2.75, 3.05) is 0 Å². The van der Waals surface area contributed by atoms with E-state index in [0.717, 1.165) is 13.0 Å². The molecule has 9 nitrogen and oxygen atoms in total. The molecule has 2 heterocycles. The number of pyridine rings is 2. The third kappa shape index (κ3) is 5.85. The monoisotopic (exact) mass is 577 g/mol. The quantitative estimate of drug-likeness (QED) is 0.220. The maximum Gasteiger partial charge on any atom is 0.433 e. The van der Waals surface area contributed by atoms with Crippen LogP contribution in [0, 0.1) is 24.4 Å². The summed E-state index contributed by atoms with van der Waals surface area (Å²) in [6, 6.07) is 2.57. The second-order valence-corrected chi connectivity index (χ2v) is 10.3. The number of aliphatic hydroxyl groups is 1.